The number of carbonyl (C=O) groups excluding carboxylic acids is 3. The van der Waals surface area contributed by atoms with Crippen LogP contribution in [0.1, 0.15) is 55.9 Å². The molecular formula is C27H33N5O6. The summed E-state index contributed by atoms with van der Waals surface area (Å²) in [4.78, 5) is 50.9. The van der Waals surface area contributed by atoms with E-state index >= 15 is 0 Å². The number of carbonyl (C=O) groups is 3. The fourth-order valence-corrected chi connectivity index (χ4v) is 4.96. The number of anilines is 1. The van der Waals surface area contributed by atoms with Crippen molar-refractivity contribution in [3.05, 3.63) is 52.6 Å². The smallest absolute Gasteiger partial charge is 0.303 e. The number of hydrogen-bond donors (Lipinski definition) is 1. The van der Waals surface area contributed by atoms with Gasteiger partial charge in [-0.05, 0) is 50.8 Å². The van der Waals surface area contributed by atoms with Gasteiger partial charge in [-0.15, -0.1) is 0 Å². The van der Waals surface area contributed by atoms with Gasteiger partial charge in [-0.25, -0.2) is 0 Å². The van der Waals surface area contributed by atoms with Gasteiger partial charge < -0.3 is 24.3 Å². The molecule has 2 amide bonds. The Hall–Kier alpha value is -4.15. The molecule has 0 unspecified atom stereocenters. The summed E-state index contributed by atoms with van der Waals surface area (Å²) < 4.78 is 13.8. The van der Waals surface area contributed by atoms with Crippen LogP contribution >= 0.6 is 0 Å². The standard InChI is InChI=1S/C27H33N5O6/c1-16(38-17(2)33)26(35)31(4)19-8-10-20(11-9-19)32-15-18-13-21(24(37-5)14-23(18)29-32)25(34)28-22-7-6-12-30(3)27(22)36/h6-7,12-16,19-20H,8-11H2,1-5H3,(H,28,34)/t16-,19?,20?/m1/s1. The summed E-state index contributed by atoms with van der Waals surface area (Å²) in [6.07, 6.45) is 5.94. The Morgan fingerprint density at radius 3 is 2.55 bits per heavy atom. The monoisotopic (exact) mass is 523 g/mol. The second-order valence-electron chi connectivity index (χ2n) is 9.68. The zero-order valence-corrected chi connectivity index (χ0v) is 22.3. The molecule has 1 N–H and O–H groups in total. The molecular weight excluding hydrogens is 490 g/mol. The Labute approximate surface area is 220 Å². The maximum absolute atomic E-state index is 13.0. The van der Waals surface area contributed by atoms with Gasteiger partial charge in [0, 0.05) is 50.9 Å². The highest BCUT2D eigenvalue weighted by Gasteiger charge is 2.31. The topological polar surface area (TPSA) is 125 Å². The lowest BCUT2D eigenvalue weighted by molar-refractivity contribution is -0.158. The summed E-state index contributed by atoms with van der Waals surface area (Å²) in [6.45, 7) is 2.88. The fourth-order valence-electron chi connectivity index (χ4n) is 4.96. The lowest BCUT2D eigenvalue weighted by Crippen LogP contribution is -2.45. The van der Waals surface area contributed by atoms with Crippen LogP contribution in [0.2, 0.25) is 0 Å². The van der Waals surface area contributed by atoms with Crippen molar-refractivity contribution in [1.29, 1.82) is 0 Å². The van der Waals surface area contributed by atoms with Gasteiger partial charge in [-0.2, -0.15) is 5.10 Å². The van der Waals surface area contributed by atoms with Gasteiger partial charge in [0.1, 0.15) is 11.4 Å². The lowest BCUT2D eigenvalue weighted by atomic mass is 9.90. The number of nitrogens with zero attached hydrogens (tertiary/aromatic N) is 4. The normalized spacial score (nSPS) is 18.0. The van der Waals surface area contributed by atoms with Crippen LogP contribution in [0, 0.1) is 0 Å². The predicted molar refractivity (Wildman–Crippen MR) is 141 cm³/mol. The molecule has 202 valence electrons. The van der Waals surface area contributed by atoms with Crippen LogP contribution in [0.25, 0.3) is 10.9 Å². The molecule has 11 nitrogen and oxygen atoms in total. The van der Waals surface area contributed by atoms with E-state index in [1.54, 1.807) is 56.4 Å². The summed E-state index contributed by atoms with van der Waals surface area (Å²) in [5, 5.41) is 8.19. The molecule has 4 rings (SSSR count). The zero-order valence-electron chi connectivity index (χ0n) is 22.3. The van der Waals surface area contributed by atoms with Crippen LogP contribution in [0.15, 0.2) is 41.5 Å². The number of rotatable bonds is 7. The van der Waals surface area contributed by atoms with Crippen LogP contribution in [-0.4, -0.2) is 63.3 Å². The number of methoxy groups -OCH3 is 1. The third-order valence-electron chi connectivity index (χ3n) is 7.09. The molecule has 3 aromatic rings. The van der Waals surface area contributed by atoms with Crippen molar-refractivity contribution in [2.45, 2.75) is 57.7 Å². The molecule has 38 heavy (non-hydrogen) atoms. The molecule has 1 atom stereocenters. The highest BCUT2D eigenvalue weighted by Crippen LogP contribution is 2.33. The molecule has 2 heterocycles. The van der Waals surface area contributed by atoms with Crippen LogP contribution in [0.3, 0.4) is 0 Å². The Morgan fingerprint density at radius 2 is 1.89 bits per heavy atom. The SMILES string of the molecule is COc1cc2nn(C3CCC(N(C)C(=O)[C@@H](C)OC(C)=O)CC3)cc2cc1C(=O)Nc1cccn(C)c1=O. The zero-order chi connectivity index (χ0) is 27.6. The van der Waals surface area contributed by atoms with E-state index in [0.717, 1.165) is 31.1 Å². The Morgan fingerprint density at radius 1 is 1.18 bits per heavy atom. The molecule has 0 bridgehead atoms. The molecule has 1 saturated carbocycles. The van der Waals surface area contributed by atoms with Crippen LogP contribution in [0.5, 0.6) is 5.75 Å². The average Bonchev–Trinajstić information content (AvgIpc) is 3.32. The third-order valence-corrected chi connectivity index (χ3v) is 7.09. The number of amides is 2. The second-order valence-corrected chi connectivity index (χ2v) is 9.68. The molecule has 1 aliphatic carbocycles. The minimum absolute atomic E-state index is 0.0582. The van der Waals surface area contributed by atoms with Gasteiger partial charge in [0.25, 0.3) is 17.4 Å². The minimum atomic E-state index is -0.807. The number of aromatic nitrogens is 3. The van der Waals surface area contributed by atoms with Gasteiger partial charge in [0.15, 0.2) is 6.10 Å². The largest absolute Gasteiger partial charge is 0.496 e. The van der Waals surface area contributed by atoms with E-state index in [2.05, 4.69) is 5.32 Å². The van der Waals surface area contributed by atoms with Gasteiger partial charge in [0.05, 0.1) is 24.2 Å². The molecule has 2 aromatic heterocycles. The number of esters is 1. The lowest BCUT2D eigenvalue weighted by Gasteiger charge is -2.35. The summed E-state index contributed by atoms with van der Waals surface area (Å²) >= 11 is 0. The summed E-state index contributed by atoms with van der Waals surface area (Å²) in [5.41, 5.74) is 0.868. The second kappa shape index (κ2) is 11.1. The maximum atomic E-state index is 13.0. The van der Waals surface area contributed by atoms with Crippen molar-refractivity contribution in [3.63, 3.8) is 0 Å². The highest BCUT2D eigenvalue weighted by atomic mass is 16.5. The van der Waals surface area contributed by atoms with Crippen molar-refractivity contribution < 1.29 is 23.9 Å². The average molecular weight is 524 g/mol. The van der Waals surface area contributed by atoms with Gasteiger partial charge in [-0.1, -0.05) is 0 Å². The number of ether oxygens (including phenoxy) is 2. The van der Waals surface area contributed by atoms with E-state index in [4.69, 9.17) is 14.6 Å². The number of pyridine rings is 1. The molecule has 0 saturated heterocycles. The highest BCUT2D eigenvalue weighted by molar-refractivity contribution is 6.08. The predicted octanol–water partition coefficient (Wildman–Crippen LogP) is 2.89. The van der Waals surface area contributed by atoms with E-state index in [1.165, 1.54) is 18.6 Å². The molecule has 0 aliphatic heterocycles. The van der Waals surface area contributed by atoms with Gasteiger partial charge >= 0.3 is 5.97 Å². The van der Waals surface area contributed by atoms with E-state index in [0.29, 0.717) is 16.8 Å². The van der Waals surface area contributed by atoms with Crippen molar-refractivity contribution in [2.75, 3.05) is 19.5 Å². The van der Waals surface area contributed by atoms with E-state index in [9.17, 15) is 19.2 Å². The summed E-state index contributed by atoms with van der Waals surface area (Å²) in [7, 11) is 4.85. The Bertz CT molecular complexity index is 1420. The Kier molecular flexibility index (Phi) is 7.84. The van der Waals surface area contributed by atoms with Crippen LogP contribution in [0.4, 0.5) is 5.69 Å². The molecule has 1 fully saturated rings. The number of fused-ring (bicyclic) bond motifs is 1. The molecule has 11 heteroatoms. The van der Waals surface area contributed by atoms with E-state index in [1.807, 2.05) is 10.9 Å². The van der Waals surface area contributed by atoms with Crippen LogP contribution in [-0.2, 0) is 21.4 Å². The first kappa shape index (κ1) is 26.9. The number of hydrogen-bond acceptors (Lipinski definition) is 7. The minimum Gasteiger partial charge on any atom is -0.496 e. The van der Waals surface area contributed by atoms with Crippen molar-refractivity contribution in [2.24, 2.45) is 7.05 Å². The fraction of sp³-hybridized carbons (Fsp3) is 0.444. The third kappa shape index (κ3) is 5.56. The first-order chi connectivity index (χ1) is 18.1. The molecule has 0 spiro atoms. The van der Waals surface area contributed by atoms with Crippen LogP contribution < -0.4 is 15.6 Å². The van der Waals surface area contributed by atoms with Gasteiger partial charge in [-0.3, -0.25) is 23.9 Å². The van der Waals surface area contributed by atoms with E-state index < -0.39 is 18.0 Å². The van der Waals surface area contributed by atoms with Crippen molar-refractivity contribution >= 4 is 34.4 Å². The molecule has 0 radical (unpaired) electrons. The summed E-state index contributed by atoms with van der Waals surface area (Å²) in [5.74, 6) is -0.773. The maximum Gasteiger partial charge on any atom is 0.303 e. The number of benzene rings is 1. The first-order valence-electron chi connectivity index (χ1n) is 12.6. The van der Waals surface area contributed by atoms with Gasteiger partial charge in [0.2, 0.25) is 0 Å². The molecule has 1 aliphatic rings. The molecule has 1 aromatic carbocycles. The van der Waals surface area contributed by atoms with Crippen molar-refractivity contribution in [3.8, 4) is 5.75 Å². The first-order valence-corrected chi connectivity index (χ1v) is 12.6. The number of likely N-dealkylation sites (N-methyl/N-ethyl adjacent to an activating group) is 1. The number of aryl methyl sites for hydroxylation is 1. The quantitative estimate of drug-likeness (QED) is 0.472. The van der Waals surface area contributed by atoms with Crippen molar-refractivity contribution in [1.82, 2.24) is 19.2 Å². The van der Waals surface area contributed by atoms with E-state index in [-0.39, 0.29) is 29.2 Å². The Balaban J connectivity index is 1.48. The summed E-state index contributed by atoms with van der Waals surface area (Å²) in [6, 6.07) is 6.88. The number of nitrogens with one attached hydrogen (secondary N) is 1.